The van der Waals surface area contributed by atoms with Crippen molar-refractivity contribution in [1.29, 1.82) is 0 Å². The molecule has 2 nitrogen and oxygen atoms in total. The number of halogens is 1. The fourth-order valence-corrected chi connectivity index (χ4v) is 2.25. The lowest BCUT2D eigenvalue weighted by Crippen LogP contribution is -2.36. The second-order valence-electron chi connectivity index (χ2n) is 3.83. The van der Waals surface area contributed by atoms with Gasteiger partial charge in [0.05, 0.1) is 5.38 Å². The van der Waals surface area contributed by atoms with Gasteiger partial charge < -0.3 is 4.90 Å². The predicted molar refractivity (Wildman–Crippen MR) is 60.1 cm³/mol. The molecule has 0 amide bonds. The zero-order valence-electron chi connectivity index (χ0n) is 8.41. The molecule has 2 rings (SSSR count). The molecule has 1 saturated heterocycles. The summed E-state index contributed by atoms with van der Waals surface area (Å²) in [4.78, 5) is 6.69. The number of hydrogen-bond donors (Lipinski definition) is 0. The number of rotatable bonds is 1. The Morgan fingerprint density at radius 2 is 2.43 bits per heavy atom. The number of piperidine rings is 1. The molecule has 0 saturated carbocycles. The van der Waals surface area contributed by atoms with Gasteiger partial charge >= 0.3 is 0 Å². The molecular weight excluding hydrogens is 196 g/mol. The molecule has 14 heavy (non-hydrogen) atoms. The number of alkyl halides is 1. The third kappa shape index (κ3) is 2.01. The quantitative estimate of drug-likeness (QED) is 0.663. The summed E-state index contributed by atoms with van der Waals surface area (Å²) >= 11 is 6.14. The molecule has 2 heterocycles. The van der Waals surface area contributed by atoms with Crippen molar-refractivity contribution in [1.82, 2.24) is 4.98 Å². The van der Waals surface area contributed by atoms with Crippen molar-refractivity contribution < 1.29 is 0 Å². The fraction of sp³-hybridized carbons (Fsp3) is 0.545. The lowest BCUT2D eigenvalue weighted by atomic mass is 10.1. The summed E-state index contributed by atoms with van der Waals surface area (Å²) in [5.74, 6) is 1.10. The Morgan fingerprint density at radius 1 is 1.57 bits per heavy atom. The van der Waals surface area contributed by atoms with E-state index in [0.717, 1.165) is 25.3 Å². The van der Waals surface area contributed by atoms with Gasteiger partial charge in [0.25, 0.3) is 0 Å². The third-order valence-corrected chi connectivity index (χ3v) is 3.00. The van der Waals surface area contributed by atoms with Gasteiger partial charge in [0.1, 0.15) is 5.82 Å². The molecule has 1 aliphatic heterocycles. The summed E-state index contributed by atoms with van der Waals surface area (Å²) in [7, 11) is 0. The van der Waals surface area contributed by atoms with E-state index in [1.165, 1.54) is 12.0 Å². The van der Waals surface area contributed by atoms with Gasteiger partial charge in [-0.1, -0.05) is 6.07 Å². The van der Waals surface area contributed by atoms with Crippen LogP contribution < -0.4 is 4.90 Å². The summed E-state index contributed by atoms with van der Waals surface area (Å²) in [5.41, 5.74) is 1.23. The van der Waals surface area contributed by atoms with Gasteiger partial charge in [0, 0.05) is 19.3 Å². The van der Waals surface area contributed by atoms with Crippen LogP contribution in [0.4, 0.5) is 5.82 Å². The van der Waals surface area contributed by atoms with E-state index in [2.05, 4.69) is 22.9 Å². The molecular formula is C11H15ClN2. The van der Waals surface area contributed by atoms with E-state index in [4.69, 9.17) is 11.6 Å². The van der Waals surface area contributed by atoms with Gasteiger partial charge in [-0.05, 0) is 31.4 Å². The molecule has 76 valence electrons. The molecule has 3 heteroatoms. The molecule has 1 aromatic rings. The van der Waals surface area contributed by atoms with E-state index in [-0.39, 0.29) is 5.38 Å². The largest absolute Gasteiger partial charge is 0.355 e. The summed E-state index contributed by atoms with van der Waals surface area (Å²) in [6.45, 7) is 4.11. The monoisotopic (exact) mass is 210 g/mol. The van der Waals surface area contributed by atoms with Crippen molar-refractivity contribution in [3.05, 3.63) is 23.9 Å². The number of aryl methyl sites for hydroxylation is 1. The van der Waals surface area contributed by atoms with Crippen molar-refractivity contribution >= 4 is 17.4 Å². The number of pyridine rings is 1. The van der Waals surface area contributed by atoms with Gasteiger partial charge in [-0.2, -0.15) is 0 Å². The molecule has 1 aliphatic rings. The summed E-state index contributed by atoms with van der Waals surface area (Å²) < 4.78 is 0. The highest BCUT2D eigenvalue weighted by Gasteiger charge is 2.19. The summed E-state index contributed by atoms with van der Waals surface area (Å²) in [6, 6.07) is 4.07. The highest BCUT2D eigenvalue weighted by molar-refractivity contribution is 6.21. The van der Waals surface area contributed by atoms with Crippen molar-refractivity contribution in [2.24, 2.45) is 0 Å². The molecule has 1 fully saturated rings. The zero-order valence-corrected chi connectivity index (χ0v) is 9.17. The van der Waals surface area contributed by atoms with Gasteiger partial charge in [-0.3, -0.25) is 0 Å². The van der Waals surface area contributed by atoms with Crippen LogP contribution in [0.2, 0.25) is 0 Å². The predicted octanol–water partition coefficient (Wildman–Crippen LogP) is 2.60. The molecule has 0 aromatic carbocycles. The van der Waals surface area contributed by atoms with Crippen LogP contribution >= 0.6 is 11.6 Å². The Labute approximate surface area is 89.9 Å². The summed E-state index contributed by atoms with van der Waals surface area (Å²) in [5, 5.41) is 0.283. The zero-order chi connectivity index (χ0) is 9.97. The smallest absolute Gasteiger partial charge is 0.131 e. The van der Waals surface area contributed by atoms with Crippen LogP contribution in [0.5, 0.6) is 0 Å². The molecule has 1 aromatic heterocycles. The first-order valence-corrected chi connectivity index (χ1v) is 5.51. The van der Waals surface area contributed by atoms with Crippen molar-refractivity contribution in [2.75, 3.05) is 18.0 Å². The van der Waals surface area contributed by atoms with Crippen molar-refractivity contribution in [3.8, 4) is 0 Å². The molecule has 0 aliphatic carbocycles. The highest BCUT2D eigenvalue weighted by atomic mass is 35.5. The molecule has 1 atom stereocenters. The lowest BCUT2D eigenvalue weighted by Gasteiger charge is -2.31. The minimum atomic E-state index is 0.283. The molecule has 0 bridgehead atoms. The number of anilines is 1. The average molecular weight is 211 g/mol. The van der Waals surface area contributed by atoms with Gasteiger partial charge in [0.15, 0.2) is 0 Å². The van der Waals surface area contributed by atoms with Crippen molar-refractivity contribution in [3.63, 3.8) is 0 Å². The van der Waals surface area contributed by atoms with Gasteiger partial charge in [0.2, 0.25) is 0 Å². The number of nitrogens with zero attached hydrogens (tertiary/aromatic N) is 2. The van der Waals surface area contributed by atoms with Crippen LogP contribution in [0.15, 0.2) is 18.3 Å². The molecule has 0 spiro atoms. The van der Waals surface area contributed by atoms with Gasteiger partial charge in [-0.25, -0.2) is 4.98 Å². The summed E-state index contributed by atoms with van der Waals surface area (Å²) in [6.07, 6.45) is 4.15. The van der Waals surface area contributed by atoms with E-state index < -0.39 is 0 Å². The maximum Gasteiger partial charge on any atom is 0.131 e. The Hall–Kier alpha value is -0.760. The van der Waals surface area contributed by atoms with Crippen LogP contribution in [0.3, 0.4) is 0 Å². The minimum Gasteiger partial charge on any atom is -0.355 e. The van der Waals surface area contributed by atoms with E-state index >= 15 is 0 Å². The Morgan fingerprint density at radius 3 is 3.14 bits per heavy atom. The first-order valence-electron chi connectivity index (χ1n) is 5.08. The SMILES string of the molecule is Cc1cccnc1N1CCCC(Cl)C1. The Kier molecular flexibility index (Phi) is 2.92. The Bertz CT molecular complexity index is 314. The van der Waals surface area contributed by atoms with Crippen LogP contribution in [-0.4, -0.2) is 23.5 Å². The van der Waals surface area contributed by atoms with E-state index in [1.54, 1.807) is 0 Å². The van der Waals surface area contributed by atoms with E-state index in [1.807, 2.05) is 12.3 Å². The standard InChI is InChI=1S/C11H15ClN2/c1-9-4-2-6-13-11(9)14-7-3-5-10(12)8-14/h2,4,6,10H,3,5,7-8H2,1H3. The van der Waals surface area contributed by atoms with Crippen LogP contribution in [0, 0.1) is 6.92 Å². The van der Waals surface area contributed by atoms with E-state index in [0.29, 0.717) is 0 Å². The third-order valence-electron chi connectivity index (χ3n) is 2.65. The van der Waals surface area contributed by atoms with E-state index in [9.17, 15) is 0 Å². The Balaban J connectivity index is 2.18. The fourth-order valence-electron chi connectivity index (χ4n) is 1.93. The van der Waals surface area contributed by atoms with Crippen LogP contribution in [0.1, 0.15) is 18.4 Å². The normalized spacial score (nSPS) is 22.4. The van der Waals surface area contributed by atoms with Crippen molar-refractivity contribution in [2.45, 2.75) is 25.1 Å². The molecule has 0 N–H and O–H groups in total. The maximum atomic E-state index is 6.14. The molecule has 0 radical (unpaired) electrons. The molecule has 1 unspecified atom stereocenters. The van der Waals surface area contributed by atoms with Crippen LogP contribution in [0.25, 0.3) is 0 Å². The number of aromatic nitrogens is 1. The first kappa shape index (κ1) is 9.78. The first-order chi connectivity index (χ1) is 6.77. The highest BCUT2D eigenvalue weighted by Crippen LogP contribution is 2.22. The minimum absolute atomic E-state index is 0.283. The second kappa shape index (κ2) is 4.18. The lowest BCUT2D eigenvalue weighted by molar-refractivity contribution is 0.579. The van der Waals surface area contributed by atoms with Crippen LogP contribution in [-0.2, 0) is 0 Å². The maximum absolute atomic E-state index is 6.14. The van der Waals surface area contributed by atoms with Gasteiger partial charge in [-0.15, -0.1) is 11.6 Å². The second-order valence-corrected chi connectivity index (χ2v) is 4.45. The topological polar surface area (TPSA) is 16.1 Å². The number of hydrogen-bond acceptors (Lipinski definition) is 2. The average Bonchev–Trinajstić information content (AvgIpc) is 2.18.